The molecule has 3 rings (SSSR count). The Labute approximate surface area is 132 Å². The molecule has 0 saturated heterocycles. The number of alkyl halides is 2. The van der Waals surface area contributed by atoms with Gasteiger partial charge in [-0.25, -0.2) is 8.78 Å². The molecule has 2 unspecified atom stereocenters. The van der Waals surface area contributed by atoms with Crippen molar-refractivity contribution in [2.75, 3.05) is 5.75 Å². The molecule has 1 aromatic heterocycles. The summed E-state index contributed by atoms with van der Waals surface area (Å²) in [5, 5.41) is 8.31. The highest BCUT2D eigenvalue weighted by Gasteiger charge is 2.43. The third-order valence-electron chi connectivity index (χ3n) is 4.74. The Morgan fingerprint density at radius 3 is 2.82 bits per heavy atom. The zero-order valence-corrected chi connectivity index (χ0v) is 13.8. The summed E-state index contributed by atoms with van der Waals surface area (Å²) in [7, 11) is -1.17. The largest absolute Gasteiger partial charge is 0.314 e. The highest BCUT2D eigenvalue weighted by Crippen LogP contribution is 2.44. The summed E-state index contributed by atoms with van der Waals surface area (Å²) in [6.45, 7) is 2.72. The average Bonchev–Trinajstić information content (AvgIpc) is 2.80. The lowest BCUT2D eigenvalue weighted by Gasteiger charge is -2.37. The summed E-state index contributed by atoms with van der Waals surface area (Å²) in [6, 6.07) is 0. The number of hydrogen-bond acceptors (Lipinski definition) is 3. The van der Waals surface area contributed by atoms with Crippen molar-refractivity contribution in [3.8, 4) is 0 Å². The zero-order chi connectivity index (χ0) is 15.8. The molecule has 4 nitrogen and oxygen atoms in total. The van der Waals surface area contributed by atoms with Gasteiger partial charge in [-0.3, -0.25) is 4.21 Å². The third-order valence-corrected chi connectivity index (χ3v) is 6.34. The normalized spacial score (nSPS) is 29.0. The second kappa shape index (κ2) is 5.98. The molecule has 22 heavy (non-hydrogen) atoms. The number of aromatic nitrogens is 3. The Morgan fingerprint density at radius 1 is 1.23 bits per heavy atom. The van der Waals surface area contributed by atoms with Crippen LogP contribution < -0.4 is 0 Å². The lowest BCUT2D eigenvalue weighted by atomic mass is 9.75. The fraction of sp³-hybridized carbons (Fsp3) is 0.867. The Bertz CT molecular complexity index is 575. The van der Waals surface area contributed by atoms with Crippen LogP contribution in [0.5, 0.6) is 0 Å². The van der Waals surface area contributed by atoms with Gasteiger partial charge in [-0.1, -0.05) is 6.92 Å². The predicted octanol–water partition coefficient (Wildman–Crippen LogP) is 3.08. The number of fused-ring (bicyclic) bond motifs is 1. The molecule has 0 bridgehead atoms. The molecule has 1 saturated carbocycles. The Balaban J connectivity index is 1.64. The minimum Gasteiger partial charge on any atom is -0.314 e. The van der Waals surface area contributed by atoms with Gasteiger partial charge in [-0.15, -0.1) is 10.2 Å². The SMILES string of the molecule is CC1(CS(=O)Cc2nnc3n2CCCC3)CCCC(F)(F)C1. The molecule has 0 aromatic carbocycles. The van der Waals surface area contributed by atoms with E-state index in [1.54, 1.807) is 0 Å². The van der Waals surface area contributed by atoms with Crippen molar-refractivity contribution in [3.05, 3.63) is 11.6 Å². The van der Waals surface area contributed by atoms with E-state index in [9.17, 15) is 13.0 Å². The first-order valence-electron chi connectivity index (χ1n) is 8.01. The zero-order valence-electron chi connectivity index (χ0n) is 13.0. The van der Waals surface area contributed by atoms with E-state index >= 15 is 0 Å². The van der Waals surface area contributed by atoms with Crippen molar-refractivity contribution in [3.63, 3.8) is 0 Å². The Kier molecular flexibility index (Phi) is 4.36. The fourth-order valence-electron chi connectivity index (χ4n) is 3.76. The highest BCUT2D eigenvalue weighted by molar-refractivity contribution is 7.84. The lowest BCUT2D eigenvalue weighted by Crippen LogP contribution is -2.37. The second-order valence-corrected chi connectivity index (χ2v) is 8.52. The van der Waals surface area contributed by atoms with Gasteiger partial charge in [0.1, 0.15) is 11.6 Å². The topological polar surface area (TPSA) is 47.8 Å². The van der Waals surface area contributed by atoms with E-state index in [2.05, 4.69) is 14.8 Å². The van der Waals surface area contributed by atoms with Gasteiger partial charge in [0.05, 0.1) is 5.75 Å². The average molecular weight is 331 g/mol. The summed E-state index contributed by atoms with van der Waals surface area (Å²) in [5.74, 6) is -0.239. The van der Waals surface area contributed by atoms with Gasteiger partial charge >= 0.3 is 0 Å². The summed E-state index contributed by atoms with van der Waals surface area (Å²) in [6.07, 6.45) is 4.19. The van der Waals surface area contributed by atoms with Crippen LogP contribution in [-0.2, 0) is 29.5 Å². The van der Waals surface area contributed by atoms with Crippen molar-refractivity contribution >= 4 is 10.8 Å². The summed E-state index contributed by atoms with van der Waals surface area (Å²) in [5.41, 5.74) is -0.530. The van der Waals surface area contributed by atoms with Crippen molar-refractivity contribution in [2.24, 2.45) is 5.41 Å². The number of rotatable bonds is 4. The maximum absolute atomic E-state index is 13.6. The van der Waals surface area contributed by atoms with Crippen LogP contribution in [0.1, 0.15) is 57.1 Å². The minimum absolute atomic E-state index is 0.0348. The van der Waals surface area contributed by atoms with Crippen molar-refractivity contribution in [2.45, 2.75) is 70.1 Å². The minimum atomic E-state index is -2.61. The van der Waals surface area contributed by atoms with Crippen LogP contribution in [0.4, 0.5) is 8.78 Å². The van der Waals surface area contributed by atoms with Crippen LogP contribution in [-0.4, -0.2) is 30.6 Å². The van der Waals surface area contributed by atoms with Gasteiger partial charge in [0, 0.05) is 42.4 Å². The van der Waals surface area contributed by atoms with Gasteiger partial charge in [0.15, 0.2) is 0 Å². The first-order valence-corrected chi connectivity index (χ1v) is 9.50. The molecule has 0 spiro atoms. The molecule has 1 aromatic rings. The van der Waals surface area contributed by atoms with Crippen LogP contribution in [0.25, 0.3) is 0 Å². The molecular formula is C15H23F2N3OS. The smallest absolute Gasteiger partial charge is 0.248 e. The Morgan fingerprint density at radius 2 is 2.05 bits per heavy atom. The van der Waals surface area contributed by atoms with E-state index in [-0.39, 0.29) is 12.8 Å². The van der Waals surface area contributed by atoms with Crippen molar-refractivity contribution in [1.82, 2.24) is 14.8 Å². The number of halogens is 2. The molecular weight excluding hydrogens is 308 g/mol. The van der Waals surface area contributed by atoms with E-state index in [0.717, 1.165) is 43.9 Å². The lowest BCUT2D eigenvalue weighted by molar-refractivity contribution is -0.0716. The van der Waals surface area contributed by atoms with Gasteiger partial charge in [-0.05, 0) is 31.1 Å². The monoisotopic (exact) mass is 331 g/mol. The summed E-state index contributed by atoms with van der Waals surface area (Å²) < 4.78 is 41.8. The molecule has 2 heterocycles. The molecule has 0 amide bonds. The standard InChI is InChI=1S/C15H23F2N3OS/c1-14(6-4-7-15(16,17)10-14)11-22(21)9-13-19-18-12-5-2-3-8-20(12)13/h2-11H2,1H3. The molecule has 1 aliphatic carbocycles. The van der Waals surface area contributed by atoms with Crippen molar-refractivity contribution < 1.29 is 13.0 Å². The quantitative estimate of drug-likeness (QED) is 0.852. The highest BCUT2D eigenvalue weighted by atomic mass is 32.2. The Hall–Kier alpha value is -0.850. The van der Waals surface area contributed by atoms with E-state index in [0.29, 0.717) is 17.9 Å². The van der Waals surface area contributed by atoms with Crippen LogP contribution in [0, 0.1) is 5.41 Å². The summed E-state index contributed by atoms with van der Waals surface area (Å²) in [4.78, 5) is 0. The van der Waals surface area contributed by atoms with Crippen molar-refractivity contribution in [1.29, 1.82) is 0 Å². The van der Waals surface area contributed by atoms with E-state index < -0.39 is 22.1 Å². The first kappa shape index (κ1) is 16.0. The van der Waals surface area contributed by atoms with Gasteiger partial charge in [0.25, 0.3) is 0 Å². The molecule has 1 fully saturated rings. The molecule has 2 atom stereocenters. The van der Waals surface area contributed by atoms with Gasteiger partial charge in [-0.2, -0.15) is 0 Å². The molecule has 2 aliphatic rings. The number of aryl methyl sites for hydroxylation is 1. The van der Waals surface area contributed by atoms with E-state index in [1.165, 1.54) is 0 Å². The van der Waals surface area contributed by atoms with Crippen LogP contribution >= 0.6 is 0 Å². The summed E-state index contributed by atoms with van der Waals surface area (Å²) >= 11 is 0. The number of hydrogen-bond donors (Lipinski definition) is 0. The van der Waals surface area contributed by atoms with Gasteiger partial charge in [0.2, 0.25) is 5.92 Å². The molecule has 124 valence electrons. The van der Waals surface area contributed by atoms with E-state index in [4.69, 9.17) is 0 Å². The maximum Gasteiger partial charge on any atom is 0.248 e. The molecule has 0 N–H and O–H groups in total. The second-order valence-electron chi connectivity index (χ2n) is 7.07. The first-order chi connectivity index (χ1) is 10.4. The fourth-order valence-corrected chi connectivity index (χ4v) is 5.38. The van der Waals surface area contributed by atoms with Crippen LogP contribution in [0.15, 0.2) is 0 Å². The molecule has 7 heteroatoms. The number of nitrogens with zero attached hydrogens (tertiary/aromatic N) is 3. The third kappa shape index (κ3) is 3.55. The molecule has 1 aliphatic heterocycles. The van der Waals surface area contributed by atoms with Crippen LogP contribution in [0.3, 0.4) is 0 Å². The maximum atomic E-state index is 13.6. The van der Waals surface area contributed by atoms with Gasteiger partial charge < -0.3 is 4.57 Å². The molecule has 0 radical (unpaired) electrons. The van der Waals surface area contributed by atoms with E-state index in [1.807, 2.05) is 6.92 Å². The van der Waals surface area contributed by atoms with Crippen LogP contribution in [0.2, 0.25) is 0 Å². The predicted molar refractivity (Wildman–Crippen MR) is 81.2 cm³/mol.